The van der Waals surface area contributed by atoms with Crippen molar-refractivity contribution < 1.29 is 9.90 Å². The van der Waals surface area contributed by atoms with Crippen molar-refractivity contribution in [1.29, 1.82) is 0 Å². The lowest BCUT2D eigenvalue weighted by Gasteiger charge is -2.38. The number of hydrogen-bond acceptors (Lipinski definition) is 3. The molecule has 5 nitrogen and oxygen atoms in total. The first-order valence-corrected chi connectivity index (χ1v) is 9.70. The smallest absolute Gasteiger partial charge is 0.407 e. The highest BCUT2D eigenvalue weighted by Gasteiger charge is 2.30. The van der Waals surface area contributed by atoms with Crippen molar-refractivity contribution in [3.8, 4) is 0 Å². The Morgan fingerprint density at radius 2 is 2.04 bits per heavy atom. The zero-order valence-corrected chi connectivity index (χ0v) is 17.3. The van der Waals surface area contributed by atoms with Crippen molar-refractivity contribution >= 4 is 46.1 Å². The Morgan fingerprint density at radius 3 is 2.54 bits per heavy atom. The van der Waals surface area contributed by atoms with Gasteiger partial charge in [0, 0.05) is 27.9 Å². The summed E-state index contributed by atoms with van der Waals surface area (Å²) in [5.41, 5.74) is -0.356. The van der Waals surface area contributed by atoms with E-state index in [4.69, 9.17) is 11.6 Å². The molecule has 1 amide bonds. The average molecular weight is 466 g/mol. The van der Waals surface area contributed by atoms with Gasteiger partial charge in [-0.15, -0.1) is 0 Å². The highest BCUT2D eigenvalue weighted by molar-refractivity contribution is 14.1. The number of halogens is 2. The molecule has 0 unspecified atom stereocenters. The zero-order valence-electron chi connectivity index (χ0n) is 14.4. The molecule has 1 aliphatic carbocycles. The summed E-state index contributed by atoms with van der Waals surface area (Å²) < 4.78 is 0.989. The summed E-state index contributed by atoms with van der Waals surface area (Å²) in [6.07, 6.45) is 4.96. The lowest BCUT2D eigenvalue weighted by atomic mass is 9.85. The first-order chi connectivity index (χ1) is 11.2. The van der Waals surface area contributed by atoms with Crippen molar-refractivity contribution in [1.82, 2.24) is 9.88 Å². The molecule has 0 spiro atoms. The Labute approximate surface area is 162 Å². The molecule has 0 atom stereocenters. The third-order valence-electron chi connectivity index (χ3n) is 4.49. The molecule has 0 bridgehead atoms. The van der Waals surface area contributed by atoms with Gasteiger partial charge in [-0.05, 0) is 81.0 Å². The third kappa shape index (κ3) is 5.37. The van der Waals surface area contributed by atoms with E-state index in [9.17, 15) is 9.90 Å². The summed E-state index contributed by atoms with van der Waals surface area (Å²) >= 11 is 8.20. The molecule has 1 aliphatic rings. The van der Waals surface area contributed by atoms with E-state index in [1.807, 2.05) is 26.8 Å². The van der Waals surface area contributed by atoms with Gasteiger partial charge in [-0.1, -0.05) is 11.6 Å². The van der Waals surface area contributed by atoms with Crippen LogP contribution in [0.3, 0.4) is 0 Å². The van der Waals surface area contributed by atoms with Gasteiger partial charge in [-0.2, -0.15) is 0 Å². The van der Waals surface area contributed by atoms with Crippen LogP contribution in [0, 0.1) is 9.49 Å². The minimum Gasteiger partial charge on any atom is -0.465 e. The Morgan fingerprint density at radius 1 is 1.42 bits per heavy atom. The van der Waals surface area contributed by atoms with Crippen LogP contribution in [0.25, 0.3) is 0 Å². The molecular weight excluding hydrogens is 441 g/mol. The predicted octanol–water partition coefficient (Wildman–Crippen LogP) is 5.09. The number of pyridine rings is 1. The monoisotopic (exact) mass is 465 g/mol. The maximum Gasteiger partial charge on any atom is 0.407 e. The Bertz CT molecular complexity index is 584. The fraction of sp³-hybridized carbons (Fsp3) is 0.647. The average Bonchev–Trinajstić information content (AvgIpc) is 2.48. The van der Waals surface area contributed by atoms with Crippen LogP contribution in [0.2, 0.25) is 5.02 Å². The maximum absolute atomic E-state index is 11.5. The molecular formula is C17H25ClIN3O2. The minimum absolute atomic E-state index is 0.356. The number of nitrogens with zero attached hydrogens (tertiary/aromatic N) is 2. The number of anilines is 1. The van der Waals surface area contributed by atoms with Gasteiger partial charge in [0.2, 0.25) is 0 Å². The van der Waals surface area contributed by atoms with Crippen molar-refractivity contribution in [2.45, 2.75) is 58.0 Å². The van der Waals surface area contributed by atoms with E-state index in [1.165, 1.54) is 0 Å². The molecule has 1 aromatic rings. The Balaban J connectivity index is 1.86. The molecule has 1 saturated carbocycles. The number of nitrogens with one attached hydrogen (secondary N) is 1. The van der Waals surface area contributed by atoms with Crippen LogP contribution in [-0.4, -0.2) is 39.2 Å². The SMILES string of the molecule is CC(C)(C)N(C[C@H]1CC[C@H](Nc2cc(I)c(Cl)cn2)CC1)C(=O)O. The van der Waals surface area contributed by atoms with Crippen molar-refractivity contribution in [2.75, 3.05) is 11.9 Å². The molecule has 1 heterocycles. The largest absolute Gasteiger partial charge is 0.465 e. The molecule has 2 rings (SSSR count). The van der Waals surface area contributed by atoms with Gasteiger partial charge in [-0.25, -0.2) is 9.78 Å². The number of carbonyl (C=O) groups is 1. The molecule has 0 aliphatic heterocycles. The second-order valence-corrected chi connectivity index (χ2v) is 8.98. The van der Waals surface area contributed by atoms with Crippen LogP contribution in [0.15, 0.2) is 12.3 Å². The molecule has 2 N–H and O–H groups in total. The van der Waals surface area contributed by atoms with E-state index in [0.29, 0.717) is 23.5 Å². The van der Waals surface area contributed by atoms with Crippen molar-refractivity contribution in [3.63, 3.8) is 0 Å². The first kappa shape index (κ1) is 19.6. The molecule has 0 radical (unpaired) electrons. The first-order valence-electron chi connectivity index (χ1n) is 8.25. The molecule has 134 valence electrons. The molecule has 24 heavy (non-hydrogen) atoms. The standard InChI is InChI=1S/C17H25ClIN3O2/c1-17(2,3)22(16(23)24)10-11-4-6-12(7-5-11)21-15-8-14(19)13(18)9-20-15/h8-9,11-12H,4-7,10H2,1-3H3,(H,20,21)(H,23,24)/t11-,12-. The van der Waals surface area contributed by atoms with Gasteiger partial charge < -0.3 is 15.3 Å². The minimum atomic E-state index is -0.831. The second-order valence-electron chi connectivity index (χ2n) is 7.41. The van der Waals surface area contributed by atoms with Gasteiger partial charge in [0.1, 0.15) is 5.82 Å². The molecule has 0 saturated heterocycles. The van der Waals surface area contributed by atoms with Gasteiger partial charge in [-0.3, -0.25) is 0 Å². The summed E-state index contributed by atoms with van der Waals surface area (Å²) in [5, 5.41) is 13.6. The number of amides is 1. The van der Waals surface area contributed by atoms with Gasteiger partial charge >= 0.3 is 6.09 Å². The second kappa shape index (κ2) is 8.08. The van der Waals surface area contributed by atoms with Crippen LogP contribution >= 0.6 is 34.2 Å². The van der Waals surface area contributed by atoms with Gasteiger partial charge in [0.25, 0.3) is 0 Å². The summed E-state index contributed by atoms with van der Waals surface area (Å²) in [6.45, 7) is 6.45. The predicted molar refractivity (Wildman–Crippen MR) is 106 cm³/mol. The summed E-state index contributed by atoms with van der Waals surface area (Å²) in [6, 6.07) is 2.35. The van der Waals surface area contributed by atoms with Crippen LogP contribution in [0.1, 0.15) is 46.5 Å². The maximum atomic E-state index is 11.5. The van der Waals surface area contributed by atoms with Crippen LogP contribution < -0.4 is 5.32 Å². The van der Waals surface area contributed by atoms with Crippen LogP contribution in [0.4, 0.5) is 10.6 Å². The highest BCUT2D eigenvalue weighted by Crippen LogP contribution is 2.29. The molecule has 7 heteroatoms. The van der Waals surface area contributed by atoms with Crippen molar-refractivity contribution in [2.24, 2.45) is 5.92 Å². The Hall–Kier alpha value is -0.760. The third-order valence-corrected chi connectivity index (χ3v) is 6.00. The Kier molecular flexibility index (Phi) is 6.59. The lowest BCUT2D eigenvalue weighted by Crippen LogP contribution is -2.48. The van der Waals surface area contributed by atoms with Gasteiger partial charge in [0.15, 0.2) is 0 Å². The van der Waals surface area contributed by atoms with Crippen LogP contribution in [-0.2, 0) is 0 Å². The van der Waals surface area contributed by atoms with E-state index >= 15 is 0 Å². The number of aromatic nitrogens is 1. The number of hydrogen-bond donors (Lipinski definition) is 2. The topological polar surface area (TPSA) is 65.5 Å². The quantitative estimate of drug-likeness (QED) is 0.608. The highest BCUT2D eigenvalue weighted by atomic mass is 127. The summed E-state index contributed by atoms with van der Waals surface area (Å²) in [7, 11) is 0. The van der Waals surface area contributed by atoms with Gasteiger partial charge in [0.05, 0.1) is 5.02 Å². The fourth-order valence-corrected chi connectivity index (χ4v) is 3.63. The zero-order chi connectivity index (χ0) is 17.9. The molecule has 0 aromatic carbocycles. The van der Waals surface area contributed by atoms with E-state index in [0.717, 1.165) is 35.1 Å². The number of carboxylic acid groups (broad SMARTS) is 1. The van der Waals surface area contributed by atoms with Crippen molar-refractivity contribution in [3.05, 3.63) is 20.9 Å². The van der Waals surface area contributed by atoms with E-state index in [1.54, 1.807) is 11.1 Å². The lowest BCUT2D eigenvalue weighted by molar-refractivity contribution is 0.0826. The van der Waals surface area contributed by atoms with Crippen LogP contribution in [0.5, 0.6) is 0 Å². The van der Waals surface area contributed by atoms with E-state index in [2.05, 4.69) is 32.9 Å². The molecule has 1 aromatic heterocycles. The van der Waals surface area contributed by atoms with E-state index in [-0.39, 0.29) is 5.54 Å². The summed E-state index contributed by atoms with van der Waals surface area (Å²) in [5.74, 6) is 1.28. The normalized spacial score (nSPS) is 21.4. The van der Waals surface area contributed by atoms with E-state index < -0.39 is 6.09 Å². The fourth-order valence-electron chi connectivity index (χ4n) is 3.09. The summed E-state index contributed by atoms with van der Waals surface area (Å²) in [4.78, 5) is 17.4. The number of rotatable bonds is 4. The molecule has 1 fully saturated rings.